The minimum absolute atomic E-state index is 0.0835. The summed E-state index contributed by atoms with van der Waals surface area (Å²) < 4.78 is 40.2. The number of nitrogens with zero attached hydrogens (tertiary/aromatic N) is 1. The standard InChI is InChI=1S/C14H22F3NO/c1-2-12-4-7-13(10-18,8-5-12)6-3-9-19-11-14(15,16)17/h12H,2-9,11H2,1H3. The van der Waals surface area contributed by atoms with Crippen molar-refractivity contribution in [2.45, 2.75) is 58.0 Å². The summed E-state index contributed by atoms with van der Waals surface area (Å²) in [6.07, 6.45) is 1.95. The SMILES string of the molecule is CCC1CCC(C#N)(CCCOCC(F)(F)F)CC1. The molecule has 5 heteroatoms. The van der Waals surface area contributed by atoms with Crippen LogP contribution in [0.5, 0.6) is 0 Å². The van der Waals surface area contributed by atoms with Gasteiger partial charge in [-0.2, -0.15) is 18.4 Å². The van der Waals surface area contributed by atoms with Crippen LogP contribution in [0, 0.1) is 22.7 Å². The Labute approximate surface area is 112 Å². The molecule has 1 saturated carbocycles. The van der Waals surface area contributed by atoms with Crippen LogP contribution in [0.4, 0.5) is 13.2 Å². The van der Waals surface area contributed by atoms with E-state index in [1.165, 1.54) is 0 Å². The summed E-state index contributed by atoms with van der Waals surface area (Å²) in [6, 6.07) is 2.39. The first-order valence-electron chi connectivity index (χ1n) is 6.96. The molecule has 1 fully saturated rings. The highest BCUT2D eigenvalue weighted by Crippen LogP contribution is 2.42. The molecule has 0 bridgehead atoms. The van der Waals surface area contributed by atoms with E-state index >= 15 is 0 Å². The molecule has 0 N–H and O–H groups in total. The Morgan fingerprint density at radius 1 is 1.32 bits per heavy atom. The molecule has 0 unspecified atom stereocenters. The third-order valence-electron chi connectivity index (χ3n) is 4.09. The van der Waals surface area contributed by atoms with Crippen molar-refractivity contribution in [2.24, 2.45) is 11.3 Å². The van der Waals surface area contributed by atoms with Crippen LogP contribution in [-0.2, 0) is 4.74 Å². The van der Waals surface area contributed by atoms with Crippen molar-refractivity contribution in [1.82, 2.24) is 0 Å². The van der Waals surface area contributed by atoms with E-state index in [0.29, 0.717) is 18.8 Å². The lowest BCUT2D eigenvalue weighted by atomic mass is 9.68. The molecule has 110 valence electrons. The normalized spacial score (nSPS) is 28.1. The Morgan fingerprint density at radius 3 is 2.42 bits per heavy atom. The van der Waals surface area contributed by atoms with Crippen molar-refractivity contribution in [3.8, 4) is 6.07 Å². The predicted molar refractivity (Wildman–Crippen MR) is 66.4 cm³/mol. The zero-order valence-electron chi connectivity index (χ0n) is 11.4. The van der Waals surface area contributed by atoms with Gasteiger partial charge in [0.2, 0.25) is 0 Å². The summed E-state index contributed by atoms with van der Waals surface area (Å²) in [5.74, 6) is 0.711. The number of rotatable bonds is 6. The van der Waals surface area contributed by atoms with Crippen molar-refractivity contribution < 1.29 is 17.9 Å². The second-order valence-corrected chi connectivity index (χ2v) is 5.52. The highest BCUT2D eigenvalue weighted by atomic mass is 19.4. The number of halogens is 3. The first-order valence-corrected chi connectivity index (χ1v) is 6.96. The summed E-state index contributed by atoms with van der Waals surface area (Å²) in [5, 5.41) is 9.32. The maximum Gasteiger partial charge on any atom is 0.411 e. The smallest absolute Gasteiger partial charge is 0.372 e. The van der Waals surface area contributed by atoms with E-state index in [2.05, 4.69) is 17.7 Å². The van der Waals surface area contributed by atoms with E-state index in [0.717, 1.165) is 32.1 Å². The number of ether oxygens (including phenoxy) is 1. The fourth-order valence-electron chi connectivity index (χ4n) is 2.76. The van der Waals surface area contributed by atoms with Crippen LogP contribution < -0.4 is 0 Å². The predicted octanol–water partition coefficient (Wildman–Crippen LogP) is 4.46. The molecule has 0 aromatic carbocycles. The second kappa shape index (κ2) is 7.14. The maximum atomic E-state index is 11.9. The molecule has 0 heterocycles. The van der Waals surface area contributed by atoms with Crippen LogP contribution in [0.1, 0.15) is 51.9 Å². The molecule has 19 heavy (non-hydrogen) atoms. The third kappa shape index (κ3) is 5.82. The molecule has 0 amide bonds. The van der Waals surface area contributed by atoms with Gasteiger partial charge < -0.3 is 4.74 Å². The molecule has 0 spiro atoms. The zero-order valence-corrected chi connectivity index (χ0v) is 11.4. The average Bonchev–Trinajstić information content (AvgIpc) is 2.38. The molecule has 0 saturated heterocycles. The van der Waals surface area contributed by atoms with E-state index in [1.54, 1.807) is 0 Å². The summed E-state index contributed by atoms with van der Waals surface area (Å²) >= 11 is 0. The fraction of sp³-hybridized carbons (Fsp3) is 0.929. The van der Waals surface area contributed by atoms with Gasteiger partial charge in [-0.3, -0.25) is 0 Å². The van der Waals surface area contributed by atoms with Gasteiger partial charge in [-0.15, -0.1) is 0 Å². The minimum Gasteiger partial charge on any atom is -0.372 e. The van der Waals surface area contributed by atoms with Crippen molar-refractivity contribution in [3.63, 3.8) is 0 Å². The van der Waals surface area contributed by atoms with E-state index in [4.69, 9.17) is 0 Å². The van der Waals surface area contributed by atoms with Gasteiger partial charge in [-0.25, -0.2) is 0 Å². The third-order valence-corrected chi connectivity index (χ3v) is 4.09. The number of hydrogen-bond donors (Lipinski definition) is 0. The van der Waals surface area contributed by atoms with Crippen LogP contribution >= 0.6 is 0 Å². The van der Waals surface area contributed by atoms with Gasteiger partial charge >= 0.3 is 6.18 Å². The average molecular weight is 277 g/mol. The fourth-order valence-corrected chi connectivity index (χ4v) is 2.76. The number of nitriles is 1. The molecule has 0 atom stereocenters. The second-order valence-electron chi connectivity index (χ2n) is 5.52. The minimum atomic E-state index is -4.26. The largest absolute Gasteiger partial charge is 0.411 e. The number of hydrogen-bond acceptors (Lipinski definition) is 2. The van der Waals surface area contributed by atoms with E-state index in [-0.39, 0.29) is 12.0 Å². The van der Waals surface area contributed by atoms with Gasteiger partial charge in [0, 0.05) is 6.61 Å². The molecule has 1 aliphatic rings. The lowest BCUT2D eigenvalue weighted by Gasteiger charge is -2.34. The van der Waals surface area contributed by atoms with Crippen LogP contribution in [0.2, 0.25) is 0 Å². The highest BCUT2D eigenvalue weighted by molar-refractivity contribution is 5.01. The van der Waals surface area contributed by atoms with Gasteiger partial charge in [-0.05, 0) is 44.4 Å². The van der Waals surface area contributed by atoms with Gasteiger partial charge in [0.05, 0.1) is 11.5 Å². The van der Waals surface area contributed by atoms with Crippen LogP contribution in [0.25, 0.3) is 0 Å². The molecule has 2 nitrogen and oxygen atoms in total. The maximum absolute atomic E-state index is 11.9. The van der Waals surface area contributed by atoms with Crippen LogP contribution in [0.3, 0.4) is 0 Å². The Bertz CT molecular complexity index is 301. The van der Waals surface area contributed by atoms with Crippen molar-refractivity contribution in [1.29, 1.82) is 5.26 Å². The summed E-state index contributed by atoms with van der Waals surface area (Å²) in [6.45, 7) is 1.06. The lowest BCUT2D eigenvalue weighted by molar-refractivity contribution is -0.174. The summed E-state index contributed by atoms with van der Waals surface area (Å²) in [5.41, 5.74) is -0.326. The van der Waals surface area contributed by atoms with Crippen LogP contribution in [-0.4, -0.2) is 19.4 Å². The first kappa shape index (κ1) is 16.3. The van der Waals surface area contributed by atoms with E-state index in [9.17, 15) is 18.4 Å². The molecular formula is C14H22F3NO. The molecule has 1 rings (SSSR count). The molecule has 0 aromatic heterocycles. The van der Waals surface area contributed by atoms with E-state index in [1.807, 2.05) is 0 Å². The Hall–Kier alpha value is -0.760. The quantitative estimate of drug-likeness (QED) is 0.672. The summed E-state index contributed by atoms with van der Waals surface area (Å²) in [7, 11) is 0. The van der Waals surface area contributed by atoms with Crippen molar-refractivity contribution in [2.75, 3.05) is 13.2 Å². The topological polar surface area (TPSA) is 33.0 Å². The first-order chi connectivity index (χ1) is 8.91. The Balaban J connectivity index is 2.25. The molecule has 0 aliphatic heterocycles. The van der Waals surface area contributed by atoms with E-state index < -0.39 is 12.8 Å². The van der Waals surface area contributed by atoms with Crippen molar-refractivity contribution >= 4 is 0 Å². The highest BCUT2D eigenvalue weighted by Gasteiger charge is 2.34. The molecule has 0 radical (unpaired) electrons. The monoisotopic (exact) mass is 277 g/mol. The Morgan fingerprint density at radius 2 is 1.95 bits per heavy atom. The van der Waals surface area contributed by atoms with Crippen LogP contribution in [0.15, 0.2) is 0 Å². The molecular weight excluding hydrogens is 255 g/mol. The van der Waals surface area contributed by atoms with Crippen molar-refractivity contribution in [3.05, 3.63) is 0 Å². The van der Waals surface area contributed by atoms with Gasteiger partial charge in [-0.1, -0.05) is 13.3 Å². The van der Waals surface area contributed by atoms with Gasteiger partial charge in [0.25, 0.3) is 0 Å². The van der Waals surface area contributed by atoms with Gasteiger partial charge in [0.1, 0.15) is 6.61 Å². The summed E-state index contributed by atoms with van der Waals surface area (Å²) in [4.78, 5) is 0. The number of alkyl halides is 3. The molecule has 0 aromatic rings. The Kier molecular flexibility index (Phi) is 6.12. The van der Waals surface area contributed by atoms with Gasteiger partial charge in [0.15, 0.2) is 0 Å². The molecule has 1 aliphatic carbocycles. The lowest BCUT2D eigenvalue weighted by Crippen LogP contribution is -2.26. The zero-order chi connectivity index (χ0) is 14.4.